The third-order valence-corrected chi connectivity index (χ3v) is 6.90. The van der Waals surface area contributed by atoms with Crippen molar-refractivity contribution < 1.29 is 23.4 Å². The summed E-state index contributed by atoms with van der Waals surface area (Å²) in [6, 6.07) is 7.45. The number of hydrogen-bond donors (Lipinski definition) is 2. The summed E-state index contributed by atoms with van der Waals surface area (Å²) < 4.78 is 40.7. The van der Waals surface area contributed by atoms with E-state index in [1.165, 1.54) is 0 Å². The Morgan fingerprint density at radius 2 is 1.83 bits per heavy atom. The maximum absolute atomic E-state index is 13.7. The maximum atomic E-state index is 13.7. The van der Waals surface area contributed by atoms with Gasteiger partial charge in [0.25, 0.3) is 0 Å². The van der Waals surface area contributed by atoms with Crippen LogP contribution in [0.3, 0.4) is 0 Å². The Bertz CT molecular complexity index is 1220. The van der Waals surface area contributed by atoms with Gasteiger partial charge in [0.1, 0.15) is 17.3 Å². The summed E-state index contributed by atoms with van der Waals surface area (Å²) in [6.07, 6.45) is 7.86. The van der Waals surface area contributed by atoms with Gasteiger partial charge in [-0.05, 0) is 43.9 Å². The van der Waals surface area contributed by atoms with E-state index in [1.807, 2.05) is 10.9 Å². The summed E-state index contributed by atoms with van der Waals surface area (Å²) in [5.41, 5.74) is 0.965. The normalized spacial score (nSPS) is 21.3. The fourth-order valence-corrected chi connectivity index (χ4v) is 4.61. The van der Waals surface area contributed by atoms with E-state index in [4.69, 9.17) is 14.6 Å². The van der Waals surface area contributed by atoms with Gasteiger partial charge in [-0.1, -0.05) is 0 Å². The Hall–Kier alpha value is -3.11. The summed E-state index contributed by atoms with van der Waals surface area (Å²) >= 11 is 0. The third-order valence-electron chi connectivity index (χ3n) is 6.90. The number of nitrogens with zero attached hydrogens (tertiary/aromatic N) is 4. The molecule has 0 aromatic carbocycles. The first-order chi connectivity index (χ1) is 16.9. The number of nitrogens with one attached hydrogen (secondary N) is 1. The van der Waals surface area contributed by atoms with Crippen molar-refractivity contribution >= 4 is 11.5 Å². The molecule has 0 unspecified atom stereocenters. The number of ether oxygens (including phenoxy) is 2. The zero-order chi connectivity index (χ0) is 24.0. The maximum Gasteiger partial charge on any atom is 0.248 e. The molecule has 0 radical (unpaired) electrons. The first kappa shape index (κ1) is 22.4. The number of aromatic nitrogens is 4. The lowest BCUT2D eigenvalue weighted by Gasteiger charge is -2.35. The molecule has 1 aliphatic heterocycles. The van der Waals surface area contributed by atoms with E-state index in [-0.39, 0.29) is 32.0 Å². The Morgan fingerprint density at radius 3 is 2.54 bits per heavy atom. The van der Waals surface area contributed by atoms with Crippen molar-refractivity contribution in [2.45, 2.75) is 62.0 Å². The van der Waals surface area contributed by atoms with E-state index < -0.39 is 11.5 Å². The van der Waals surface area contributed by atoms with E-state index in [9.17, 15) is 13.9 Å². The quantitative estimate of drug-likeness (QED) is 0.485. The Balaban J connectivity index is 1.21. The SMILES string of the molecule is OC1(c2cc(Nc3cc(Oc4cn(C5CC5)nc4C4CCC(F)(F)CC4)ccn3)ccn2)COC1. The van der Waals surface area contributed by atoms with Crippen molar-refractivity contribution in [3.05, 3.63) is 54.2 Å². The molecular weight excluding hydrogens is 456 g/mol. The van der Waals surface area contributed by atoms with Crippen LogP contribution in [0.5, 0.6) is 11.5 Å². The molecule has 2 aliphatic carbocycles. The van der Waals surface area contributed by atoms with Crippen LogP contribution in [0, 0.1) is 0 Å². The lowest BCUT2D eigenvalue weighted by Crippen LogP contribution is -2.47. The van der Waals surface area contributed by atoms with Gasteiger partial charge in [0.2, 0.25) is 5.92 Å². The van der Waals surface area contributed by atoms with Gasteiger partial charge in [-0.2, -0.15) is 5.10 Å². The van der Waals surface area contributed by atoms with Gasteiger partial charge in [-0.25, -0.2) is 13.8 Å². The third kappa shape index (κ3) is 4.72. The number of rotatable bonds is 7. The highest BCUT2D eigenvalue weighted by Gasteiger charge is 2.40. The molecule has 10 heteroatoms. The Morgan fingerprint density at radius 1 is 1.06 bits per heavy atom. The number of pyridine rings is 2. The molecule has 2 N–H and O–H groups in total. The summed E-state index contributed by atoms with van der Waals surface area (Å²) in [4.78, 5) is 8.63. The minimum absolute atomic E-state index is 0.0411. The summed E-state index contributed by atoms with van der Waals surface area (Å²) in [7, 11) is 0. The Kier molecular flexibility index (Phi) is 5.45. The van der Waals surface area contributed by atoms with Crippen molar-refractivity contribution in [1.82, 2.24) is 19.7 Å². The van der Waals surface area contributed by atoms with Gasteiger partial charge >= 0.3 is 0 Å². The van der Waals surface area contributed by atoms with Crippen LogP contribution in [0.25, 0.3) is 0 Å². The molecule has 3 aromatic rings. The van der Waals surface area contributed by atoms with Gasteiger partial charge in [0.15, 0.2) is 11.4 Å². The van der Waals surface area contributed by atoms with Crippen molar-refractivity contribution in [3.8, 4) is 11.5 Å². The van der Waals surface area contributed by atoms with Crippen molar-refractivity contribution in [2.24, 2.45) is 0 Å². The second-order valence-electron chi connectivity index (χ2n) is 9.78. The van der Waals surface area contributed by atoms with Crippen LogP contribution in [0.1, 0.15) is 61.9 Å². The van der Waals surface area contributed by atoms with Crippen molar-refractivity contribution in [1.29, 1.82) is 0 Å². The fourth-order valence-electron chi connectivity index (χ4n) is 4.61. The summed E-state index contributed by atoms with van der Waals surface area (Å²) in [6.45, 7) is 0.446. The number of anilines is 2. The van der Waals surface area contributed by atoms with Gasteiger partial charge < -0.3 is 19.9 Å². The monoisotopic (exact) mass is 483 g/mol. The van der Waals surface area contributed by atoms with E-state index in [1.54, 1.807) is 36.7 Å². The fraction of sp³-hybridized carbons (Fsp3) is 0.480. The predicted molar refractivity (Wildman–Crippen MR) is 123 cm³/mol. The summed E-state index contributed by atoms with van der Waals surface area (Å²) in [5, 5.41) is 18.5. The molecule has 184 valence electrons. The number of aliphatic hydroxyl groups is 1. The number of alkyl halides is 2. The molecule has 4 heterocycles. The second-order valence-corrected chi connectivity index (χ2v) is 9.78. The molecule has 0 amide bonds. The van der Waals surface area contributed by atoms with Crippen LogP contribution in [0.2, 0.25) is 0 Å². The molecule has 3 aliphatic rings. The van der Waals surface area contributed by atoms with Gasteiger partial charge in [-0.15, -0.1) is 0 Å². The average Bonchev–Trinajstić information content (AvgIpc) is 3.59. The van der Waals surface area contributed by atoms with Crippen LogP contribution in [-0.2, 0) is 10.3 Å². The smallest absolute Gasteiger partial charge is 0.248 e. The van der Waals surface area contributed by atoms with Crippen molar-refractivity contribution in [2.75, 3.05) is 18.5 Å². The molecule has 6 rings (SSSR count). The van der Waals surface area contributed by atoms with Crippen LogP contribution in [0.4, 0.5) is 20.3 Å². The lowest BCUT2D eigenvalue weighted by atomic mass is 9.84. The minimum Gasteiger partial charge on any atom is -0.454 e. The molecule has 8 nitrogen and oxygen atoms in total. The van der Waals surface area contributed by atoms with Crippen LogP contribution >= 0.6 is 0 Å². The van der Waals surface area contributed by atoms with Gasteiger partial charge in [0.05, 0.1) is 31.1 Å². The highest BCUT2D eigenvalue weighted by atomic mass is 19.3. The Labute approximate surface area is 201 Å². The van der Waals surface area contributed by atoms with Crippen LogP contribution < -0.4 is 10.1 Å². The van der Waals surface area contributed by atoms with Gasteiger partial charge in [-0.3, -0.25) is 9.67 Å². The molecule has 3 aromatic heterocycles. The summed E-state index contributed by atoms with van der Waals surface area (Å²) in [5.74, 6) is -0.884. The zero-order valence-electron chi connectivity index (χ0n) is 19.2. The van der Waals surface area contributed by atoms with E-state index >= 15 is 0 Å². The van der Waals surface area contributed by atoms with Crippen LogP contribution in [-0.4, -0.2) is 44.0 Å². The predicted octanol–water partition coefficient (Wildman–Crippen LogP) is 5.05. The average molecular weight is 484 g/mol. The number of hydrogen-bond acceptors (Lipinski definition) is 7. The molecule has 2 saturated carbocycles. The molecule has 0 spiro atoms. The minimum atomic E-state index is -2.59. The highest BCUT2D eigenvalue weighted by molar-refractivity contribution is 5.58. The lowest BCUT2D eigenvalue weighted by molar-refractivity contribution is -0.186. The van der Waals surface area contributed by atoms with Gasteiger partial charge in [0, 0.05) is 42.9 Å². The van der Waals surface area contributed by atoms with Crippen LogP contribution in [0.15, 0.2) is 42.9 Å². The highest BCUT2D eigenvalue weighted by Crippen LogP contribution is 2.45. The zero-order valence-corrected chi connectivity index (χ0v) is 19.2. The molecule has 3 fully saturated rings. The van der Waals surface area contributed by atoms with Crippen molar-refractivity contribution in [3.63, 3.8) is 0 Å². The molecular formula is C25H27F2N5O3. The van der Waals surface area contributed by atoms with E-state index in [0.29, 0.717) is 41.9 Å². The molecule has 1 saturated heterocycles. The largest absolute Gasteiger partial charge is 0.454 e. The molecule has 0 atom stereocenters. The first-order valence-electron chi connectivity index (χ1n) is 12.0. The molecule has 0 bridgehead atoms. The first-order valence-corrected chi connectivity index (χ1v) is 12.0. The van der Waals surface area contributed by atoms with E-state index in [2.05, 4.69) is 15.3 Å². The van der Waals surface area contributed by atoms with E-state index in [0.717, 1.165) is 24.2 Å². The second kappa shape index (κ2) is 8.53. The standard InChI is InChI=1S/C25H27F2N5O3/c26-25(27)7-3-16(4-8-25)23-20(13-32(31-23)18-1-2-18)35-19-6-10-29-22(12-19)30-17-5-9-28-21(11-17)24(33)14-34-15-24/h5-6,9-13,16,18,33H,1-4,7-8,14-15H2,(H,28,29,30). The molecule has 35 heavy (non-hydrogen) atoms. The number of halogens is 2. The topological polar surface area (TPSA) is 94.3 Å².